The Labute approximate surface area is 146 Å². The molecule has 3 rings (SSSR count). The molecular formula is C14H14ClN7O3. The minimum Gasteiger partial charge on any atom is -0.349 e. The van der Waals surface area contributed by atoms with Crippen molar-refractivity contribution in [2.45, 2.75) is 20.4 Å². The molecule has 1 N–H and O–H groups in total. The van der Waals surface area contributed by atoms with E-state index in [1.54, 1.807) is 32.3 Å². The second-order valence-electron chi connectivity index (χ2n) is 5.31. The molecule has 130 valence electrons. The Morgan fingerprint density at radius 3 is 2.80 bits per heavy atom. The van der Waals surface area contributed by atoms with Crippen molar-refractivity contribution in [2.24, 2.45) is 0 Å². The molecule has 0 aromatic carbocycles. The van der Waals surface area contributed by atoms with E-state index in [-0.39, 0.29) is 29.5 Å². The lowest BCUT2D eigenvalue weighted by atomic mass is 10.3. The van der Waals surface area contributed by atoms with Crippen molar-refractivity contribution < 1.29 is 9.72 Å². The molecule has 3 aromatic heterocycles. The number of halogens is 1. The number of hydrogen-bond donors (Lipinski definition) is 1. The van der Waals surface area contributed by atoms with Gasteiger partial charge in [-0.05, 0) is 19.9 Å². The average Bonchev–Trinajstić information content (AvgIpc) is 3.05. The van der Waals surface area contributed by atoms with E-state index >= 15 is 0 Å². The van der Waals surface area contributed by atoms with E-state index in [1.165, 1.54) is 9.20 Å². The summed E-state index contributed by atoms with van der Waals surface area (Å²) in [5.74, 6) is -0.452. The summed E-state index contributed by atoms with van der Waals surface area (Å²) >= 11 is 6.13. The third-order valence-electron chi connectivity index (χ3n) is 3.69. The monoisotopic (exact) mass is 363 g/mol. The number of rotatable bonds is 5. The maximum absolute atomic E-state index is 12.3. The van der Waals surface area contributed by atoms with Gasteiger partial charge in [0, 0.05) is 18.9 Å². The predicted molar refractivity (Wildman–Crippen MR) is 88.7 cm³/mol. The Balaban J connectivity index is 1.70. The molecule has 3 heterocycles. The third-order valence-corrected chi connectivity index (χ3v) is 4.04. The smallest absolute Gasteiger partial charge is 0.312 e. The first-order valence-electron chi connectivity index (χ1n) is 7.35. The minimum atomic E-state index is -0.462. The van der Waals surface area contributed by atoms with E-state index in [0.29, 0.717) is 17.0 Å². The summed E-state index contributed by atoms with van der Waals surface area (Å²) in [5.41, 5.74) is 1.22. The zero-order valence-electron chi connectivity index (χ0n) is 13.4. The van der Waals surface area contributed by atoms with E-state index in [2.05, 4.69) is 20.5 Å². The van der Waals surface area contributed by atoms with Gasteiger partial charge in [0.2, 0.25) is 0 Å². The summed E-state index contributed by atoms with van der Waals surface area (Å²) in [5, 5.41) is 22.1. The molecule has 0 fully saturated rings. The third kappa shape index (κ3) is 3.03. The standard InChI is InChI=1S/C14H14ClN7O3/c1-8-12(22(24)25)9(2)20(18-8)7-5-17-14(23)11-10(15)13-16-4-3-6-21(13)19-11/h3-4,6H,5,7H2,1-2H3,(H,17,23). The maximum atomic E-state index is 12.3. The Hall–Kier alpha value is -3.01. The highest BCUT2D eigenvalue weighted by Crippen LogP contribution is 2.22. The van der Waals surface area contributed by atoms with Crippen LogP contribution in [-0.2, 0) is 6.54 Å². The predicted octanol–water partition coefficient (Wildman–Crippen LogP) is 1.53. The van der Waals surface area contributed by atoms with Crippen LogP contribution in [0.15, 0.2) is 18.5 Å². The van der Waals surface area contributed by atoms with E-state index in [9.17, 15) is 14.9 Å². The molecule has 25 heavy (non-hydrogen) atoms. The van der Waals surface area contributed by atoms with Gasteiger partial charge in [0.15, 0.2) is 11.3 Å². The van der Waals surface area contributed by atoms with Crippen LogP contribution in [0.2, 0.25) is 5.02 Å². The number of hydrogen-bond acceptors (Lipinski definition) is 6. The fourth-order valence-electron chi connectivity index (χ4n) is 2.53. The molecule has 0 saturated carbocycles. The Morgan fingerprint density at radius 2 is 2.16 bits per heavy atom. The number of nitro groups is 1. The molecule has 3 aromatic rings. The van der Waals surface area contributed by atoms with Crippen LogP contribution in [0.1, 0.15) is 21.9 Å². The number of amides is 1. The largest absolute Gasteiger partial charge is 0.349 e. The van der Waals surface area contributed by atoms with Gasteiger partial charge in [-0.2, -0.15) is 10.2 Å². The molecule has 0 saturated heterocycles. The highest BCUT2D eigenvalue weighted by Gasteiger charge is 2.22. The molecule has 11 heteroatoms. The molecule has 0 spiro atoms. The zero-order chi connectivity index (χ0) is 18.1. The van der Waals surface area contributed by atoms with Gasteiger partial charge in [-0.1, -0.05) is 11.6 Å². The van der Waals surface area contributed by atoms with E-state index in [1.807, 2.05) is 0 Å². The van der Waals surface area contributed by atoms with Gasteiger partial charge in [-0.15, -0.1) is 0 Å². The summed E-state index contributed by atoms with van der Waals surface area (Å²) in [6, 6.07) is 1.67. The van der Waals surface area contributed by atoms with E-state index < -0.39 is 10.8 Å². The van der Waals surface area contributed by atoms with Crippen LogP contribution in [0, 0.1) is 24.0 Å². The Kier molecular flexibility index (Phi) is 4.36. The van der Waals surface area contributed by atoms with Gasteiger partial charge in [0.25, 0.3) is 5.91 Å². The van der Waals surface area contributed by atoms with E-state index in [0.717, 1.165) is 0 Å². The molecule has 0 unspecified atom stereocenters. The molecule has 0 aliphatic heterocycles. The quantitative estimate of drug-likeness (QED) is 0.542. The lowest BCUT2D eigenvalue weighted by molar-refractivity contribution is -0.386. The van der Waals surface area contributed by atoms with Crippen LogP contribution in [-0.4, -0.2) is 41.8 Å². The van der Waals surface area contributed by atoms with Gasteiger partial charge in [0.05, 0.1) is 11.5 Å². The SMILES string of the molecule is Cc1nn(CCNC(=O)c2nn3cccnc3c2Cl)c(C)c1[N+](=O)[O-]. The van der Waals surface area contributed by atoms with Crippen molar-refractivity contribution in [3.63, 3.8) is 0 Å². The molecule has 10 nitrogen and oxygen atoms in total. The molecule has 0 bridgehead atoms. The number of nitrogens with one attached hydrogen (secondary N) is 1. The molecule has 0 radical (unpaired) electrons. The molecule has 1 amide bonds. The number of carbonyl (C=O) groups excluding carboxylic acids is 1. The topological polar surface area (TPSA) is 120 Å². The number of aromatic nitrogens is 5. The summed E-state index contributed by atoms with van der Waals surface area (Å²) in [6.07, 6.45) is 3.19. The van der Waals surface area contributed by atoms with Crippen LogP contribution in [0.5, 0.6) is 0 Å². The van der Waals surface area contributed by atoms with Gasteiger partial charge < -0.3 is 5.32 Å². The number of fused-ring (bicyclic) bond motifs is 1. The van der Waals surface area contributed by atoms with Crippen molar-refractivity contribution in [3.05, 3.63) is 50.7 Å². The second-order valence-corrected chi connectivity index (χ2v) is 5.68. The van der Waals surface area contributed by atoms with Crippen LogP contribution in [0.4, 0.5) is 5.69 Å². The van der Waals surface area contributed by atoms with Crippen molar-refractivity contribution in [2.75, 3.05) is 6.54 Å². The van der Waals surface area contributed by atoms with Gasteiger partial charge in [-0.25, -0.2) is 9.50 Å². The number of nitrogens with zero attached hydrogens (tertiary/aromatic N) is 6. The summed E-state index contributed by atoms with van der Waals surface area (Å²) in [7, 11) is 0. The zero-order valence-corrected chi connectivity index (χ0v) is 14.2. The summed E-state index contributed by atoms with van der Waals surface area (Å²) in [4.78, 5) is 26.9. The molecular weight excluding hydrogens is 350 g/mol. The minimum absolute atomic E-state index is 0.0132. The first-order valence-corrected chi connectivity index (χ1v) is 7.73. The lowest BCUT2D eigenvalue weighted by Crippen LogP contribution is -2.28. The highest BCUT2D eigenvalue weighted by atomic mass is 35.5. The van der Waals surface area contributed by atoms with Gasteiger partial charge >= 0.3 is 5.69 Å². The van der Waals surface area contributed by atoms with Crippen molar-refractivity contribution in [3.8, 4) is 0 Å². The van der Waals surface area contributed by atoms with Crippen molar-refractivity contribution in [1.82, 2.24) is 29.7 Å². The first kappa shape index (κ1) is 16.8. The lowest BCUT2D eigenvalue weighted by Gasteiger charge is -2.05. The van der Waals surface area contributed by atoms with Crippen LogP contribution >= 0.6 is 11.6 Å². The molecule has 0 atom stereocenters. The Morgan fingerprint density at radius 1 is 1.40 bits per heavy atom. The highest BCUT2D eigenvalue weighted by molar-refractivity contribution is 6.36. The Bertz CT molecular complexity index is 978. The van der Waals surface area contributed by atoms with Crippen LogP contribution < -0.4 is 5.32 Å². The molecule has 0 aliphatic rings. The number of carbonyl (C=O) groups is 1. The fraction of sp³-hybridized carbons (Fsp3) is 0.286. The fourth-order valence-corrected chi connectivity index (χ4v) is 2.79. The first-order chi connectivity index (χ1) is 11.9. The van der Waals surface area contributed by atoms with Crippen LogP contribution in [0.25, 0.3) is 5.65 Å². The second kappa shape index (κ2) is 6.48. The summed E-state index contributed by atoms with van der Waals surface area (Å²) in [6.45, 7) is 3.69. The molecule has 0 aliphatic carbocycles. The average molecular weight is 364 g/mol. The maximum Gasteiger partial charge on any atom is 0.312 e. The van der Waals surface area contributed by atoms with Crippen molar-refractivity contribution >= 4 is 28.8 Å². The van der Waals surface area contributed by atoms with Gasteiger partial charge in [-0.3, -0.25) is 19.6 Å². The normalized spacial score (nSPS) is 11.0. The number of aryl methyl sites for hydroxylation is 1. The van der Waals surface area contributed by atoms with Crippen LogP contribution in [0.3, 0.4) is 0 Å². The van der Waals surface area contributed by atoms with Gasteiger partial charge in [0.1, 0.15) is 16.4 Å². The van der Waals surface area contributed by atoms with Crippen molar-refractivity contribution in [1.29, 1.82) is 0 Å². The summed E-state index contributed by atoms with van der Waals surface area (Å²) < 4.78 is 2.90. The van der Waals surface area contributed by atoms with E-state index in [4.69, 9.17) is 11.6 Å².